The molecule has 30 heavy (non-hydrogen) atoms. The molecule has 0 saturated heterocycles. The van der Waals surface area contributed by atoms with E-state index in [4.69, 9.17) is 0 Å². The fourth-order valence-electron chi connectivity index (χ4n) is 3.83. The predicted molar refractivity (Wildman–Crippen MR) is 123 cm³/mol. The molecular formula is C24H30N2O3S. The minimum Gasteiger partial charge on any atom is -0.361 e. The highest BCUT2D eigenvalue weighted by molar-refractivity contribution is 7.91. The summed E-state index contributed by atoms with van der Waals surface area (Å²) < 4.78 is 25.4. The minimum atomic E-state index is -3.51. The summed E-state index contributed by atoms with van der Waals surface area (Å²) in [6, 6.07) is 14.6. The number of fused-ring (bicyclic) bond motifs is 1. The zero-order valence-corrected chi connectivity index (χ0v) is 18.9. The van der Waals surface area contributed by atoms with Crippen LogP contribution in [-0.2, 0) is 14.6 Å². The normalized spacial score (nSPS) is 13.0. The molecule has 1 heterocycles. The van der Waals surface area contributed by atoms with Gasteiger partial charge in [0.2, 0.25) is 5.91 Å². The van der Waals surface area contributed by atoms with Gasteiger partial charge in [0.25, 0.3) is 0 Å². The van der Waals surface area contributed by atoms with Crippen molar-refractivity contribution in [3.63, 3.8) is 0 Å². The summed E-state index contributed by atoms with van der Waals surface area (Å²) in [7, 11) is -3.51. The Balaban J connectivity index is 1.83. The number of rotatable bonds is 8. The van der Waals surface area contributed by atoms with E-state index in [9.17, 15) is 13.2 Å². The number of anilines is 1. The summed E-state index contributed by atoms with van der Waals surface area (Å²) in [5.74, 6) is 0.0444. The fraction of sp³-hybridized carbons (Fsp3) is 0.375. The number of aromatic nitrogens is 1. The third-order valence-electron chi connectivity index (χ3n) is 5.30. The molecule has 3 rings (SSSR count). The largest absolute Gasteiger partial charge is 0.361 e. The molecule has 0 aliphatic heterocycles. The van der Waals surface area contributed by atoms with E-state index in [2.05, 4.69) is 18.8 Å². The lowest BCUT2D eigenvalue weighted by Gasteiger charge is -2.31. The highest BCUT2D eigenvalue weighted by Gasteiger charge is 2.25. The van der Waals surface area contributed by atoms with Gasteiger partial charge in [0.1, 0.15) is 0 Å². The lowest BCUT2D eigenvalue weighted by molar-refractivity contribution is -0.118. The number of carbonyl (C=O) groups excluding carboxylic acids is 1. The van der Waals surface area contributed by atoms with Crippen molar-refractivity contribution in [1.29, 1.82) is 0 Å². The Hall–Kier alpha value is -2.60. The molecule has 0 bridgehead atoms. The van der Waals surface area contributed by atoms with Gasteiger partial charge in [-0.25, -0.2) is 8.42 Å². The van der Waals surface area contributed by atoms with Gasteiger partial charge < -0.3 is 9.88 Å². The Kier molecular flexibility index (Phi) is 6.66. The maximum atomic E-state index is 13.2. The number of aromatic amines is 1. The van der Waals surface area contributed by atoms with Crippen molar-refractivity contribution in [2.75, 3.05) is 10.7 Å². The molecule has 0 saturated carbocycles. The zero-order valence-electron chi connectivity index (χ0n) is 18.1. The van der Waals surface area contributed by atoms with Gasteiger partial charge in [-0.05, 0) is 62.6 Å². The Morgan fingerprint density at radius 2 is 1.73 bits per heavy atom. The van der Waals surface area contributed by atoms with Crippen molar-refractivity contribution in [2.45, 2.75) is 51.5 Å². The molecule has 1 amide bonds. The SMILES string of the molecule is Cc1ccc(S(=O)(=O)CCC(=O)N(c2ccc3[nH]ccc3c2)C(C)CC(C)C)cc1. The topological polar surface area (TPSA) is 70.2 Å². The Labute approximate surface area is 179 Å². The van der Waals surface area contributed by atoms with Crippen molar-refractivity contribution in [3.8, 4) is 0 Å². The van der Waals surface area contributed by atoms with E-state index in [0.29, 0.717) is 5.92 Å². The summed E-state index contributed by atoms with van der Waals surface area (Å²) in [6.45, 7) is 8.18. The lowest BCUT2D eigenvalue weighted by Crippen LogP contribution is -2.40. The van der Waals surface area contributed by atoms with Gasteiger partial charge in [-0.2, -0.15) is 0 Å². The van der Waals surface area contributed by atoms with Crippen LogP contribution in [0.3, 0.4) is 0 Å². The summed E-state index contributed by atoms with van der Waals surface area (Å²) in [6.07, 6.45) is 2.65. The quantitative estimate of drug-likeness (QED) is 0.544. The van der Waals surface area contributed by atoms with Gasteiger partial charge in [-0.1, -0.05) is 31.5 Å². The van der Waals surface area contributed by atoms with Gasteiger partial charge in [-0.15, -0.1) is 0 Å². The van der Waals surface area contributed by atoms with Crippen molar-refractivity contribution < 1.29 is 13.2 Å². The maximum Gasteiger partial charge on any atom is 0.228 e. The first-order valence-corrected chi connectivity index (χ1v) is 12.0. The van der Waals surface area contributed by atoms with E-state index in [0.717, 1.165) is 28.6 Å². The van der Waals surface area contributed by atoms with Gasteiger partial charge in [-0.3, -0.25) is 4.79 Å². The van der Waals surface area contributed by atoms with Gasteiger partial charge in [0.15, 0.2) is 9.84 Å². The average molecular weight is 427 g/mol. The number of benzene rings is 2. The highest BCUT2D eigenvalue weighted by Crippen LogP contribution is 2.26. The third-order valence-corrected chi connectivity index (χ3v) is 7.03. The monoisotopic (exact) mass is 426 g/mol. The molecule has 0 aliphatic rings. The molecule has 0 radical (unpaired) electrons. The van der Waals surface area contributed by atoms with Crippen LogP contribution < -0.4 is 4.90 Å². The molecule has 0 aliphatic carbocycles. The summed E-state index contributed by atoms with van der Waals surface area (Å²) in [5, 5.41) is 1.02. The zero-order chi connectivity index (χ0) is 21.9. The summed E-state index contributed by atoms with van der Waals surface area (Å²) in [4.78, 5) is 18.4. The Morgan fingerprint density at radius 1 is 1.03 bits per heavy atom. The van der Waals surface area contributed by atoms with Crippen LogP contribution >= 0.6 is 0 Å². The predicted octanol–water partition coefficient (Wildman–Crippen LogP) is 5.11. The van der Waals surface area contributed by atoms with Crippen LogP contribution in [0.15, 0.2) is 59.6 Å². The van der Waals surface area contributed by atoms with Crippen molar-refractivity contribution in [1.82, 2.24) is 4.98 Å². The van der Waals surface area contributed by atoms with Crippen molar-refractivity contribution >= 4 is 32.3 Å². The number of amides is 1. The van der Waals surface area contributed by atoms with E-state index >= 15 is 0 Å². The molecule has 160 valence electrons. The first-order chi connectivity index (χ1) is 14.2. The van der Waals surface area contributed by atoms with E-state index in [1.165, 1.54) is 0 Å². The second-order valence-corrected chi connectivity index (χ2v) is 10.5. The number of nitrogens with one attached hydrogen (secondary N) is 1. The van der Waals surface area contributed by atoms with Crippen LogP contribution in [0.4, 0.5) is 5.69 Å². The summed E-state index contributed by atoms with van der Waals surface area (Å²) >= 11 is 0. The number of H-pyrrole nitrogens is 1. The molecule has 1 unspecified atom stereocenters. The molecule has 2 aromatic carbocycles. The lowest BCUT2D eigenvalue weighted by atomic mass is 10.0. The second-order valence-electron chi connectivity index (χ2n) is 8.37. The van der Waals surface area contributed by atoms with Crippen LogP contribution in [-0.4, -0.2) is 31.1 Å². The second kappa shape index (κ2) is 9.04. The number of hydrogen-bond acceptors (Lipinski definition) is 3. The fourth-order valence-corrected chi connectivity index (χ4v) is 5.06. The molecule has 1 aromatic heterocycles. The first kappa shape index (κ1) is 22.1. The number of aryl methyl sites for hydroxylation is 1. The van der Waals surface area contributed by atoms with E-state index in [-0.39, 0.29) is 29.0 Å². The van der Waals surface area contributed by atoms with Crippen LogP contribution in [0.5, 0.6) is 0 Å². The standard InChI is InChI=1S/C24H30N2O3S/c1-17(2)15-19(4)26(21-7-10-23-20(16-21)11-13-25-23)24(27)12-14-30(28,29)22-8-5-18(3)6-9-22/h5-11,13,16-17,19,25H,12,14-15H2,1-4H3. The van der Waals surface area contributed by atoms with Gasteiger partial charge in [0, 0.05) is 35.2 Å². The van der Waals surface area contributed by atoms with Crippen LogP contribution in [0.2, 0.25) is 0 Å². The molecule has 1 atom stereocenters. The third kappa shape index (κ3) is 5.11. The van der Waals surface area contributed by atoms with Crippen LogP contribution in [0, 0.1) is 12.8 Å². The number of carbonyl (C=O) groups is 1. The first-order valence-electron chi connectivity index (χ1n) is 10.4. The Morgan fingerprint density at radius 3 is 2.40 bits per heavy atom. The highest BCUT2D eigenvalue weighted by atomic mass is 32.2. The van der Waals surface area contributed by atoms with E-state index in [1.807, 2.05) is 44.3 Å². The molecule has 5 nitrogen and oxygen atoms in total. The maximum absolute atomic E-state index is 13.2. The van der Waals surface area contributed by atoms with Gasteiger partial charge >= 0.3 is 0 Å². The van der Waals surface area contributed by atoms with E-state index in [1.54, 1.807) is 29.2 Å². The van der Waals surface area contributed by atoms with Crippen molar-refractivity contribution in [2.24, 2.45) is 5.92 Å². The van der Waals surface area contributed by atoms with E-state index < -0.39 is 9.84 Å². The molecule has 0 spiro atoms. The van der Waals surface area contributed by atoms with Crippen molar-refractivity contribution in [3.05, 3.63) is 60.3 Å². The smallest absolute Gasteiger partial charge is 0.228 e. The molecular weight excluding hydrogens is 396 g/mol. The van der Waals surface area contributed by atoms with Crippen LogP contribution in [0.25, 0.3) is 10.9 Å². The number of sulfone groups is 1. The molecule has 0 fully saturated rings. The number of hydrogen-bond donors (Lipinski definition) is 1. The average Bonchev–Trinajstić information content (AvgIpc) is 3.14. The minimum absolute atomic E-state index is 0.0315. The van der Waals surface area contributed by atoms with Crippen LogP contribution in [0.1, 0.15) is 39.2 Å². The number of nitrogens with zero attached hydrogens (tertiary/aromatic N) is 1. The molecule has 6 heteroatoms. The molecule has 3 aromatic rings. The molecule has 1 N–H and O–H groups in total. The Bertz CT molecular complexity index is 1110. The van der Waals surface area contributed by atoms with Gasteiger partial charge in [0.05, 0.1) is 10.6 Å². The summed E-state index contributed by atoms with van der Waals surface area (Å²) in [5.41, 5.74) is 2.80.